The molecule has 2 N–H and O–H groups in total. The van der Waals surface area contributed by atoms with Crippen LogP contribution < -0.4 is 5.73 Å². The summed E-state index contributed by atoms with van der Waals surface area (Å²) in [4.78, 5) is 14.5. The Morgan fingerprint density at radius 3 is 2.52 bits per heavy atom. The van der Waals surface area contributed by atoms with Crippen molar-refractivity contribution in [2.45, 2.75) is 44.1 Å². The summed E-state index contributed by atoms with van der Waals surface area (Å²) in [5.74, 6) is 3.68. The molecule has 0 radical (unpaired) electrons. The number of carbonyl (C=O) groups excluding carboxylic acids is 1. The highest BCUT2D eigenvalue weighted by Gasteiger charge is 2.54. The number of piperidine rings is 1. The number of nitrogens with zero attached hydrogens (tertiary/aromatic N) is 1. The number of ether oxygens (including phenoxy) is 1. The van der Waals surface area contributed by atoms with Gasteiger partial charge in [0.25, 0.3) is 0 Å². The third kappa shape index (κ3) is 2.92. The highest BCUT2D eigenvalue weighted by atomic mass is 16.5. The van der Waals surface area contributed by atoms with E-state index in [0.29, 0.717) is 17.4 Å². The molecule has 2 bridgehead atoms. The predicted molar refractivity (Wildman–Crippen MR) is 105 cm³/mol. The van der Waals surface area contributed by atoms with Crippen molar-refractivity contribution in [3.63, 3.8) is 0 Å². The molecule has 1 saturated heterocycles. The highest BCUT2D eigenvalue weighted by molar-refractivity contribution is 5.92. The summed E-state index contributed by atoms with van der Waals surface area (Å²) in [6.45, 7) is 3.52. The summed E-state index contributed by atoms with van der Waals surface area (Å²) in [6.07, 6.45) is 8.14. The fourth-order valence-electron chi connectivity index (χ4n) is 6.87. The maximum Gasteiger partial charge on any atom is 0.248 e. The first kappa shape index (κ1) is 17.7. The Morgan fingerprint density at radius 2 is 1.89 bits per heavy atom. The lowest BCUT2D eigenvalue weighted by Crippen LogP contribution is -2.59. The lowest BCUT2D eigenvalue weighted by atomic mass is 9.62. The Labute approximate surface area is 162 Å². The average molecular weight is 369 g/mol. The van der Waals surface area contributed by atoms with Crippen molar-refractivity contribution in [2.24, 2.45) is 35.3 Å². The van der Waals surface area contributed by atoms with Gasteiger partial charge < -0.3 is 15.4 Å². The van der Waals surface area contributed by atoms with Crippen LogP contribution in [0.1, 0.15) is 54.4 Å². The smallest absolute Gasteiger partial charge is 0.248 e. The van der Waals surface area contributed by atoms with Gasteiger partial charge in [0.1, 0.15) is 5.60 Å². The van der Waals surface area contributed by atoms with Gasteiger partial charge in [-0.3, -0.25) is 4.79 Å². The first-order chi connectivity index (χ1) is 13.1. The van der Waals surface area contributed by atoms with Crippen LogP contribution in [0.15, 0.2) is 24.3 Å². The van der Waals surface area contributed by atoms with Crippen LogP contribution in [0, 0.1) is 29.6 Å². The Kier molecular flexibility index (Phi) is 4.32. The first-order valence-electron chi connectivity index (χ1n) is 10.8. The molecule has 146 valence electrons. The fraction of sp³-hybridized carbons (Fsp3) is 0.696. The second-order valence-corrected chi connectivity index (χ2v) is 9.58. The van der Waals surface area contributed by atoms with E-state index in [1.54, 1.807) is 0 Å². The Balaban J connectivity index is 1.40. The summed E-state index contributed by atoms with van der Waals surface area (Å²) in [6, 6.07) is 7.90. The lowest BCUT2D eigenvalue weighted by Gasteiger charge is -2.55. The van der Waals surface area contributed by atoms with Crippen LogP contribution in [-0.2, 0) is 10.3 Å². The molecule has 4 heteroatoms. The van der Waals surface area contributed by atoms with Crippen LogP contribution >= 0.6 is 0 Å². The summed E-state index contributed by atoms with van der Waals surface area (Å²) in [7, 11) is 1.86. The van der Waals surface area contributed by atoms with Gasteiger partial charge in [-0.15, -0.1) is 0 Å². The molecule has 0 aromatic heterocycles. The number of carbonyl (C=O) groups is 1. The lowest BCUT2D eigenvalue weighted by molar-refractivity contribution is -0.170. The predicted octanol–water partition coefficient (Wildman–Crippen LogP) is 3.41. The van der Waals surface area contributed by atoms with E-state index >= 15 is 0 Å². The van der Waals surface area contributed by atoms with E-state index in [1.165, 1.54) is 45.1 Å². The SMILES string of the molecule is COC1(c2cccc(C(N)=O)c2)[C@@H]2CCC[C@H]1CN(CC1C[C@@H]3C[C@@H]3C1)C2. The number of methoxy groups -OCH3 is 1. The molecule has 27 heavy (non-hydrogen) atoms. The molecular weight excluding hydrogens is 336 g/mol. The van der Waals surface area contributed by atoms with Gasteiger partial charge in [-0.1, -0.05) is 18.6 Å². The third-order valence-electron chi connectivity index (χ3n) is 8.07. The van der Waals surface area contributed by atoms with Crippen molar-refractivity contribution in [3.05, 3.63) is 35.4 Å². The third-order valence-corrected chi connectivity index (χ3v) is 8.07. The van der Waals surface area contributed by atoms with Crippen LogP contribution in [-0.4, -0.2) is 37.6 Å². The molecular formula is C23H32N2O2. The summed E-state index contributed by atoms with van der Waals surface area (Å²) in [5.41, 5.74) is 7.03. The molecule has 1 heterocycles. The second kappa shape index (κ2) is 6.59. The number of primary amides is 1. The Morgan fingerprint density at radius 1 is 1.19 bits per heavy atom. The maximum atomic E-state index is 11.7. The van der Waals surface area contributed by atoms with Gasteiger partial charge in [0.2, 0.25) is 5.91 Å². The molecule has 4 fully saturated rings. The zero-order valence-electron chi connectivity index (χ0n) is 16.4. The van der Waals surface area contributed by atoms with Gasteiger partial charge in [-0.25, -0.2) is 0 Å². The molecule has 6 atom stereocenters. The zero-order chi connectivity index (χ0) is 18.6. The van der Waals surface area contributed by atoms with Crippen LogP contribution in [0.3, 0.4) is 0 Å². The number of amides is 1. The molecule has 2 unspecified atom stereocenters. The van der Waals surface area contributed by atoms with Crippen molar-refractivity contribution >= 4 is 5.91 Å². The van der Waals surface area contributed by atoms with Gasteiger partial charge in [0.15, 0.2) is 0 Å². The quantitative estimate of drug-likeness (QED) is 0.866. The standard InChI is InChI=1S/C23H32N2O2/c1-27-23(19-5-2-4-16(11-19)22(24)26)20-6-3-7-21(23)14-25(13-20)12-15-8-17-10-18(17)9-15/h2,4-5,11,15,17-18,20-21H,3,6-10,12-14H2,1H3,(H2,24,26)/t15?,17-,18+,20-,21+,23?. The normalized spacial score (nSPS) is 40.6. The monoisotopic (exact) mass is 368 g/mol. The topological polar surface area (TPSA) is 55.6 Å². The Hall–Kier alpha value is -1.39. The van der Waals surface area contributed by atoms with Crippen LogP contribution in [0.4, 0.5) is 0 Å². The number of likely N-dealkylation sites (tertiary alicyclic amines) is 1. The molecule has 0 spiro atoms. The first-order valence-corrected chi connectivity index (χ1v) is 10.8. The maximum absolute atomic E-state index is 11.7. The number of fused-ring (bicyclic) bond motifs is 3. The summed E-state index contributed by atoms with van der Waals surface area (Å²) < 4.78 is 6.33. The van der Waals surface area contributed by atoms with Gasteiger partial charge >= 0.3 is 0 Å². The van der Waals surface area contributed by atoms with Crippen molar-refractivity contribution < 1.29 is 9.53 Å². The minimum Gasteiger partial charge on any atom is -0.373 e. The van der Waals surface area contributed by atoms with E-state index in [9.17, 15) is 4.79 Å². The van der Waals surface area contributed by atoms with Crippen LogP contribution in [0.5, 0.6) is 0 Å². The molecule has 5 rings (SSSR count). The molecule has 3 aliphatic carbocycles. The molecule has 3 saturated carbocycles. The summed E-state index contributed by atoms with van der Waals surface area (Å²) >= 11 is 0. The van der Waals surface area contributed by atoms with E-state index in [-0.39, 0.29) is 11.5 Å². The highest BCUT2D eigenvalue weighted by Crippen LogP contribution is 2.55. The van der Waals surface area contributed by atoms with E-state index < -0.39 is 0 Å². The largest absolute Gasteiger partial charge is 0.373 e. The fourth-order valence-corrected chi connectivity index (χ4v) is 6.87. The van der Waals surface area contributed by atoms with E-state index in [2.05, 4.69) is 11.0 Å². The molecule has 4 nitrogen and oxygen atoms in total. The molecule has 1 aromatic carbocycles. The number of hydrogen-bond acceptors (Lipinski definition) is 3. The minimum absolute atomic E-state index is 0.266. The van der Waals surface area contributed by atoms with Gasteiger partial charge in [0.05, 0.1) is 0 Å². The van der Waals surface area contributed by atoms with Crippen LogP contribution in [0.2, 0.25) is 0 Å². The van der Waals surface area contributed by atoms with E-state index in [4.69, 9.17) is 10.5 Å². The average Bonchev–Trinajstić information content (AvgIpc) is 3.27. The second-order valence-electron chi connectivity index (χ2n) is 9.58. The van der Waals surface area contributed by atoms with Crippen molar-refractivity contribution in [3.8, 4) is 0 Å². The number of hydrogen-bond donors (Lipinski definition) is 1. The van der Waals surface area contributed by atoms with Crippen molar-refractivity contribution in [1.29, 1.82) is 0 Å². The van der Waals surface area contributed by atoms with Gasteiger partial charge in [0, 0.05) is 44.1 Å². The van der Waals surface area contributed by atoms with Crippen molar-refractivity contribution in [1.82, 2.24) is 4.90 Å². The number of nitrogens with two attached hydrogens (primary N) is 1. The zero-order valence-corrected chi connectivity index (χ0v) is 16.4. The molecule has 1 aliphatic heterocycles. The van der Waals surface area contributed by atoms with Gasteiger partial charge in [-0.05, 0) is 67.6 Å². The van der Waals surface area contributed by atoms with Crippen LogP contribution in [0.25, 0.3) is 0 Å². The minimum atomic E-state index is -0.356. The number of rotatable bonds is 5. The molecule has 1 amide bonds. The number of benzene rings is 1. The van der Waals surface area contributed by atoms with Crippen molar-refractivity contribution in [2.75, 3.05) is 26.7 Å². The molecule has 1 aromatic rings. The van der Waals surface area contributed by atoms with E-state index in [1.807, 2.05) is 25.3 Å². The van der Waals surface area contributed by atoms with E-state index in [0.717, 1.165) is 36.4 Å². The summed E-state index contributed by atoms with van der Waals surface area (Å²) in [5, 5.41) is 0. The van der Waals surface area contributed by atoms with Gasteiger partial charge in [-0.2, -0.15) is 0 Å². The molecule has 4 aliphatic rings. The Bertz CT molecular complexity index is 709.